The van der Waals surface area contributed by atoms with Crippen molar-refractivity contribution in [2.45, 2.75) is 100 Å². The van der Waals surface area contributed by atoms with Crippen LogP contribution in [-0.4, -0.2) is 178 Å². The fourth-order valence-corrected chi connectivity index (χ4v) is 11.0. The van der Waals surface area contributed by atoms with E-state index in [-0.39, 0.29) is 43.1 Å². The summed E-state index contributed by atoms with van der Waals surface area (Å²) < 4.78 is 0. The predicted molar refractivity (Wildman–Crippen MR) is 261 cm³/mol. The van der Waals surface area contributed by atoms with E-state index in [9.17, 15) is 72.5 Å². The standard InChI is InChI=1S/C41H57N11O15S4/c1-20(44-21(2)54)34(60)50-28-17-69-68-16-23(15-53)45-36(62)25(11-22-7-4-3-5-8-22)48-41(67)30-19-71-70-18-29(52-38(64)27(13-33(58)59)49-40(28)66)39(65)47-24(9-6-10-42)35(61)43-14-31(55)46-26(12-32(56)57)37(63)51-30/h3-5,7-8,15,20,23-30H,6,9-14,16-19,42H2,1-2H3,(H,43,61)(H,44,54)(H,45,62)(H,46,55)(H,47,65)(H,48,67)(H,49,66)(H,50,60)(H,51,63)(H,52,64)(H,56,57)(H,58,59). The van der Waals surface area contributed by atoms with Crippen LogP contribution in [0, 0.1) is 0 Å². The van der Waals surface area contributed by atoms with Crippen LogP contribution in [0.5, 0.6) is 0 Å². The van der Waals surface area contributed by atoms with Crippen molar-refractivity contribution in [2.24, 2.45) is 5.73 Å². The lowest BCUT2D eigenvalue weighted by Gasteiger charge is -2.27. The zero-order chi connectivity index (χ0) is 52.6. The van der Waals surface area contributed by atoms with Gasteiger partial charge in [-0.2, -0.15) is 0 Å². The van der Waals surface area contributed by atoms with E-state index in [0.717, 1.165) is 50.1 Å². The molecule has 1 aromatic carbocycles. The summed E-state index contributed by atoms with van der Waals surface area (Å²) in [6, 6.07) is -5.30. The van der Waals surface area contributed by atoms with Gasteiger partial charge in [0.1, 0.15) is 54.6 Å². The van der Waals surface area contributed by atoms with Gasteiger partial charge in [-0.1, -0.05) is 73.5 Å². The molecule has 2 aliphatic heterocycles. The summed E-state index contributed by atoms with van der Waals surface area (Å²) >= 11 is 0. The van der Waals surface area contributed by atoms with E-state index in [1.807, 2.05) is 0 Å². The lowest BCUT2D eigenvalue weighted by molar-refractivity contribution is -0.141. The second-order valence-corrected chi connectivity index (χ2v) is 20.9. The van der Waals surface area contributed by atoms with Crippen molar-refractivity contribution in [2.75, 3.05) is 36.1 Å². The first-order valence-electron chi connectivity index (χ1n) is 21.8. The Labute approximate surface area is 422 Å². The molecule has 2 fully saturated rings. The van der Waals surface area contributed by atoms with Gasteiger partial charge in [0.2, 0.25) is 59.1 Å². The molecule has 0 radical (unpaired) electrons. The molecule has 30 heteroatoms. The SMILES string of the molecule is CC(=O)NC(C)C(=O)NC1CSSCC(C=O)NC(=O)C(Cc2ccccc2)NC(=O)C2CSSCC(NC(=O)C(CC(=O)O)NC1=O)C(=O)NC(CCCN)C(=O)NCC(=O)NC(CC(=O)O)C(=O)N2. The Bertz CT molecular complexity index is 2130. The van der Waals surface area contributed by atoms with Crippen molar-refractivity contribution < 1.29 is 72.5 Å². The van der Waals surface area contributed by atoms with Crippen LogP contribution in [0.4, 0.5) is 0 Å². The minimum absolute atomic E-state index is 0.0474. The molecule has 0 aromatic heterocycles. The van der Waals surface area contributed by atoms with Gasteiger partial charge in [0.15, 0.2) is 0 Å². The normalized spacial score (nSPS) is 25.6. The van der Waals surface area contributed by atoms with E-state index in [0.29, 0.717) is 11.8 Å². The molecule has 14 N–H and O–H groups in total. The molecule has 2 saturated heterocycles. The van der Waals surface area contributed by atoms with Gasteiger partial charge >= 0.3 is 11.9 Å². The first-order chi connectivity index (χ1) is 33.7. The van der Waals surface area contributed by atoms with Crippen LogP contribution in [0.1, 0.15) is 45.1 Å². The van der Waals surface area contributed by atoms with Crippen LogP contribution in [-0.2, 0) is 68.7 Å². The fourth-order valence-electron chi connectivity index (χ4n) is 6.40. The monoisotopic (exact) mass is 1070 g/mol. The van der Waals surface area contributed by atoms with Gasteiger partial charge in [0, 0.05) is 36.4 Å². The molecule has 2 bridgehead atoms. The van der Waals surface area contributed by atoms with Gasteiger partial charge in [0.05, 0.1) is 25.4 Å². The minimum Gasteiger partial charge on any atom is -0.481 e. The number of nitrogens with one attached hydrogen (secondary N) is 10. The Kier molecular flexibility index (Phi) is 25.5. The quantitative estimate of drug-likeness (QED) is 0.0653. The molecule has 26 nitrogen and oxygen atoms in total. The smallest absolute Gasteiger partial charge is 0.305 e. The summed E-state index contributed by atoms with van der Waals surface area (Å²) in [7, 11) is 3.55. The third-order valence-electron chi connectivity index (χ3n) is 10.0. The van der Waals surface area contributed by atoms with Gasteiger partial charge in [-0.05, 0) is 31.9 Å². The zero-order valence-corrected chi connectivity index (χ0v) is 41.6. The first-order valence-corrected chi connectivity index (χ1v) is 26.8. The van der Waals surface area contributed by atoms with E-state index in [4.69, 9.17) is 5.73 Å². The zero-order valence-electron chi connectivity index (χ0n) is 38.4. The molecule has 0 saturated carbocycles. The number of carbonyl (C=O) groups excluding carboxylic acids is 11. The highest BCUT2D eigenvalue weighted by Crippen LogP contribution is 2.25. The lowest BCUT2D eigenvalue weighted by atomic mass is 10.0. The second kappa shape index (κ2) is 30.6. The number of carboxylic acid groups (broad SMARTS) is 2. The number of amides is 10. The van der Waals surface area contributed by atoms with Crippen LogP contribution < -0.4 is 58.9 Å². The molecule has 2 heterocycles. The van der Waals surface area contributed by atoms with Crippen molar-refractivity contribution in [3.63, 3.8) is 0 Å². The van der Waals surface area contributed by atoms with Crippen LogP contribution >= 0.6 is 43.2 Å². The molecule has 0 aliphatic carbocycles. The number of hydrogen-bond donors (Lipinski definition) is 13. The van der Waals surface area contributed by atoms with Gasteiger partial charge < -0.3 is 73.9 Å². The van der Waals surface area contributed by atoms with E-state index in [2.05, 4.69) is 53.2 Å². The third-order valence-corrected chi connectivity index (χ3v) is 14.9. The van der Waals surface area contributed by atoms with Gasteiger partial charge in [-0.25, -0.2) is 0 Å². The Morgan fingerprint density at radius 3 is 1.75 bits per heavy atom. The predicted octanol–water partition coefficient (Wildman–Crippen LogP) is -4.57. The van der Waals surface area contributed by atoms with Gasteiger partial charge in [0.25, 0.3) is 0 Å². The van der Waals surface area contributed by atoms with Crippen molar-refractivity contribution in [3.8, 4) is 0 Å². The summed E-state index contributed by atoms with van der Waals surface area (Å²) in [6.45, 7) is 1.68. The average molecular weight is 1070 g/mol. The van der Waals surface area contributed by atoms with Crippen molar-refractivity contribution in [3.05, 3.63) is 35.9 Å². The number of rotatable bonds is 13. The largest absolute Gasteiger partial charge is 0.481 e. The van der Waals surface area contributed by atoms with E-state index in [1.54, 1.807) is 30.3 Å². The first kappa shape index (κ1) is 59.2. The number of aldehydes is 1. The van der Waals surface area contributed by atoms with Crippen LogP contribution in [0.3, 0.4) is 0 Å². The molecule has 390 valence electrons. The summed E-state index contributed by atoms with van der Waals surface area (Å²) in [5, 5.41) is 43.5. The molecule has 1 aromatic rings. The van der Waals surface area contributed by atoms with Crippen molar-refractivity contribution in [1.29, 1.82) is 0 Å². The average Bonchev–Trinajstić information content (AvgIpc) is 3.31. The Balaban J connectivity index is 2.18. The number of carbonyl (C=O) groups is 13. The lowest BCUT2D eigenvalue weighted by Crippen LogP contribution is -2.60. The molecular formula is C41H57N11O15S4. The molecule has 9 unspecified atom stereocenters. The van der Waals surface area contributed by atoms with E-state index in [1.165, 1.54) is 6.92 Å². The minimum atomic E-state index is -1.91. The summed E-state index contributed by atoms with van der Waals surface area (Å²) in [5.74, 6) is -14.0. The van der Waals surface area contributed by atoms with Crippen molar-refractivity contribution >= 4 is 120 Å². The molecular weight excluding hydrogens is 1010 g/mol. The molecule has 2 aliphatic rings. The number of carboxylic acids is 2. The molecule has 10 amide bonds. The van der Waals surface area contributed by atoms with E-state index < -0.39 is 151 Å². The highest BCUT2D eigenvalue weighted by Gasteiger charge is 2.36. The number of nitrogens with two attached hydrogens (primary N) is 1. The third kappa shape index (κ3) is 21.4. The van der Waals surface area contributed by atoms with Gasteiger partial charge in [-0.3, -0.25) is 57.5 Å². The second-order valence-electron chi connectivity index (χ2n) is 15.8. The maximum absolute atomic E-state index is 14.2. The number of fused-ring (bicyclic) bond motifs is 5. The Morgan fingerprint density at radius 2 is 1.20 bits per heavy atom. The number of hydrogen-bond acceptors (Lipinski definition) is 18. The van der Waals surface area contributed by atoms with Crippen LogP contribution in [0.25, 0.3) is 0 Å². The molecule has 9 atom stereocenters. The summed E-state index contributed by atoms with van der Waals surface area (Å²) in [4.78, 5) is 172. The number of benzene rings is 1. The summed E-state index contributed by atoms with van der Waals surface area (Å²) in [5.41, 5.74) is 6.23. The molecule has 71 heavy (non-hydrogen) atoms. The molecule has 0 spiro atoms. The van der Waals surface area contributed by atoms with E-state index >= 15 is 0 Å². The van der Waals surface area contributed by atoms with Crippen LogP contribution in [0.15, 0.2) is 30.3 Å². The van der Waals surface area contributed by atoms with Gasteiger partial charge in [-0.15, -0.1) is 0 Å². The number of aliphatic carboxylic acids is 2. The topological polar surface area (TPSA) is 409 Å². The molecule has 3 rings (SSSR count). The fraction of sp³-hybridized carbons (Fsp3) is 0.537. The van der Waals surface area contributed by atoms with Crippen LogP contribution in [0.2, 0.25) is 0 Å². The summed E-state index contributed by atoms with van der Waals surface area (Å²) in [6.07, 6.45) is -1.69. The van der Waals surface area contributed by atoms with Crippen molar-refractivity contribution in [1.82, 2.24) is 53.2 Å². The highest BCUT2D eigenvalue weighted by atomic mass is 33.1. The maximum Gasteiger partial charge on any atom is 0.305 e. The highest BCUT2D eigenvalue weighted by molar-refractivity contribution is 8.77. The Hall–Kier alpha value is -6.11. The Morgan fingerprint density at radius 1 is 0.676 bits per heavy atom. The maximum atomic E-state index is 14.2.